The van der Waals surface area contributed by atoms with Gasteiger partial charge in [-0.05, 0) is 23.6 Å². The molecule has 0 aliphatic carbocycles. The number of nitriles is 1. The van der Waals surface area contributed by atoms with Gasteiger partial charge in [0.15, 0.2) is 11.6 Å². The lowest BCUT2D eigenvalue weighted by Crippen LogP contribution is -2.02. The maximum Gasteiger partial charge on any atom is 0.252 e. The van der Waals surface area contributed by atoms with E-state index in [1.54, 1.807) is 11.3 Å². The molecule has 0 fully saturated rings. The number of hydrogen-bond donors (Lipinski definition) is 0. The van der Waals surface area contributed by atoms with Crippen molar-refractivity contribution in [3.63, 3.8) is 0 Å². The summed E-state index contributed by atoms with van der Waals surface area (Å²) in [5.74, 6) is 1.36. The molecule has 4 aromatic rings. The monoisotopic (exact) mass is 304 g/mol. The quantitative estimate of drug-likeness (QED) is 0.569. The van der Waals surface area contributed by atoms with E-state index in [2.05, 4.69) is 20.1 Å². The highest BCUT2D eigenvalue weighted by Gasteiger charge is 2.13. The van der Waals surface area contributed by atoms with Crippen LogP contribution in [0.15, 0.2) is 48.1 Å². The molecule has 6 nitrogen and oxygen atoms in total. The molecule has 104 valence electrons. The zero-order valence-corrected chi connectivity index (χ0v) is 12.0. The first-order chi connectivity index (χ1) is 10.8. The Balaban J connectivity index is 2.01. The predicted molar refractivity (Wildman–Crippen MR) is 82.5 cm³/mol. The van der Waals surface area contributed by atoms with Crippen molar-refractivity contribution < 1.29 is 0 Å². The summed E-state index contributed by atoms with van der Waals surface area (Å²) in [6, 6.07) is 13.6. The minimum atomic E-state index is 0.111. The molecule has 0 aliphatic heterocycles. The van der Waals surface area contributed by atoms with Crippen LogP contribution in [-0.4, -0.2) is 24.7 Å². The zero-order chi connectivity index (χ0) is 14.9. The van der Waals surface area contributed by atoms with Gasteiger partial charge in [-0.25, -0.2) is 19.6 Å². The average molecular weight is 304 g/mol. The maximum atomic E-state index is 8.90. The van der Waals surface area contributed by atoms with Crippen LogP contribution in [0.4, 0.5) is 0 Å². The van der Waals surface area contributed by atoms with Crippen LogP contribution in [-0.2, 0) is 0 Å². The van der Waals surface area contributed by atoms with Crippen LogP contribution in [0.2, 0.25) is 0 Å². The molecule has 0 atom stereocenters. The van der Waals surface area contributed by atoms with Gasteiger partial charge >= 0.3 is 0 Å². The number of aromatic nitrogens is 5. The van der Waals surface area contributed by atoms with E-state index in [1.807, 2.05) is 47.8 Å². The van der Waals surface area contributed by atoms with Crippen molar-refractivity contribution in [2.45, 2.75) is 0 Å². The highest BCUT2D eigenvalue weighted by atomic mass is 32.1. The molecule has 4 rings (SSSR count). The summed E-state index contributed by atoms with van der Waals surface area (Å²) in [5.41, 5.74) is 0.824. The summed E-state index contributed by atoms with van der Waals surface area (Å²) in [7, 11) is 0. The number of para-hydroxylation sites is 1. The fraction of sp³-hybridized carbons (Fsp3) is 0. The van der Waals surface area contributed by atoms with Crippen molar-refractivity contribution in [3.8, 4) is 22.6 Å². The van der Waals surface area contributed by atoms with Gasteiger partial charge < -0.3 is 0 Å². The van der Waals surface area contributed by atoms with E-state index in [1.165, 1.54) is 11.0 Å². The fourth-order valence-corrected chi connectivity index (χ4v) is 2.82. The average Bonchev–Trinajstić information content (AvgIpc) is 3.25. The van der Waals surface area contributed by atoms with Crippen molar-refractivity contribution in [1.29, 1.82) is 5.26 Å². The minimum absolute atomic E-state index is 0.111. The Labute approximate surface area is 129 Å². The van der Waals surface area contributed by atoms with Crippen molar-refractivity contribution >= 4 is 22.2 Å². The number of fused-ring (bicyclic) bond motifs is 1. The van der Waals surface area contributed by atoms with Gasteiger partial charge in [0.1, 0.15) is 12.4 Å². The van der Waals surface area contributed by atoms with Gasteiger partial charge in [0.2, 0.25) is 0 Å². The molecule has 3 heterocycles. The first-order valence-electron chi connectivity index (χ1n) is 6.48. The topological polar surface area (TPSA) is 80.3 Å². The summed E-state index contributed by atoms with van der Waals surface area (Å²) < 4.78 is 1.51. The number of benzene rings is 1. The Morgan fingerprint density at radius 3 is 2.77 bits per heavy atom. The second-order valence-electron chi connectivity index (χ2n) is 4.49. The molecular formula is C15H8N6S. The normalized spacial score (nSPS) is 10.7. The van der Waals surface area contributed by atoms with E-state index in [4.69, 9.17) is 5.26 Å². The first kappa shape index (κ1) is 12.6. The summed E-state index contributed by atoms with van der Waals surface area (Å²) in [6.07, 6.45) is 1.49. The second kappa shape index (κ2) is 5.02. The van der Waals surface area contributed by atoms with Crippen LogP contribution in [0.3, 0.4) is 0 Å². The van der Waals surface area contributed by atoms with Crippen LogP contribution in [0.25, 0.3) is 27.4 Å². The third-order valence-corrected chi connectivity index (χ3v) is 4.00. The van der Waals surface area contributed by atoms with Crippen LogP contribution >= 0.6 is 11.3 Å². The molecule has 0 N–H and O–H groups in total. The number of nitrogens with zero attached hydrogens (tertiary/aromatic N) is 6. The lowest BCUT2D eigenvalue weighted by molar-refractivity contribution is 0.846. The molecule has 0 amide bonds. The molecule has 0 saturated heterocycles. The Bertz CT molecular complexity index is 996. The Kier molecular flexibility index (Phi) is 2.88. The molecular weight excluding hydrogens is 296 g/mol. The lowest BCUT2D eigenvalue weighted by Gasteiger charge is -2.07. The summed E-state index contributed by atoms with van der Waals surface area (Å²) >= 11 is 1.58. The van der Waals surface area contributed by atoms with Crippen molar-refractivity contribution in [2.24, 2.45) is 0 Å². The van der Waals surface area contributed by atoms with E-state index < -0.39 is 0 Å². The molecule has 0 radical (unpaired) electrons. The van der Waals surface area contributed by atoms with E-state index in [0.29, 0.717) is 11.6 Å². The van der Waals surface area contributed by atoms with Gasteiger partial charge in [-0.1, -0.05) is 18.2 Å². The molecule has 7 heteroatoms. The van der Waals surface area contributed by atoms with Crippen molar-refractivity contribution in [3.05, 3.63) is 53.9 Å². The Morgan fingerprint density at radius 1 is 1.09 bits per heavy atom. The molecule has 0 spiro atoms. The van der Waals surface area contributed by atoms with Crippen LogP contribution < -0.4 is 0 Å². The van der Waals surface area contributed by atoms with Crippen LogP contribution in [0.5, 0.6) is 0 Å². The summed E-state index contributed by atoms with van der Waals surface area (Å²) in [4.78, 5) is 14.1. The molecule has 22 heavy (non-hydrogen) atoms. The number of thiophene rings is 1. The van der Waals surface area contributed by atoms with Gasteiger partial charge in [0.05, 0.1) is 10.4 Å². The Hall–Kier alpha value is -3.11. The molecule has 0 aliphatic rings. The highest BCUT2D eigenvalue weighted by Crippen LogP contribution is 2.26. The fourth-order valence-electron chi connectivity index (χ4n) is 2.17. The molecule has 0 saturated carbocycles. The molecule has 3 aromatic heterocycles. The van der Waals surface area contributed by atoms with Gasteiger partial charge in [0, 0.05) is 5.39 Å². The maximum absolute atomic E-state index is 8.90. The SMILES string of the molecule is N#Cc1ncn(-c2nc(-c3cccs3)nc3ccccc23)n1. The first-order valence-corrected chi connectivity index (χ1v) is 7.36. The standard InChI is InChI=1S/C15H8N6S/c16-8-13-17-9-21(20-13)15-10-4-1-2-5-11(10)18-14(19-15)12-6-3-7-22-12/h1-7,9H. The molecule has 0 unspecified atom stereocenters. The van der Waals surface area contributed by atoms with Gasteiger partial charge in [0.25, 0.3) is 5.82 Å². The van der Waals surface area contributed by atoms with Crippen LogP contribution in [0, 0.1) is 11.3 Å². The Morgan fingerprint density at radius 2 is 2.00 bits per heavy atom. The van der Waals surface area contributed by atoms with Crippen LogP contribution in [0.1, 0.15) is 5.82 Å². The summed E-state index contributed by atoms with van der Waals surface area (Å²) in [5, 5.41) is 15.9. The van der Waals surface area contributed by atoms with Gasteiger partial charge in [-0.2, -0.15) is 5.26 Å². The zero-order valence-electron chi connectivity index (χ0n) is 11.2. The smallest absolute Gasteiger partial charge is 0.227 e. The third kappa shape index (κ3) is 2.03. The van der Waals surface area contributed by atoms with Crippen molar-refractivity contribution in [2.75, 3.05) is 0 Å². The third-order valence-electron chi connectivity index (χ3n) is 3.13. The summed E-state index contributed by atoms with van der Waals surface area (Å²) in [6.45, 7) is 0. The lowest BCUT2D eigenvalue weighted by atomic mass is 10.2. The predicted octanol–water partition coefficient (Wildman–Crippen LogP) is 2.81. The highest BCUT2D eigenvalue weighted by molar-refractivity contribution is 7.13. The molecule has 0 bridgehead atoms. The molecule has 1 aromatic carbocycles. The van der Waals surface area contributed by atoms with Gasteiger partial charge in [-0.3, -0.25) is 0 Å². The number of hydrogen-bond acceptors (Lipinski definition) is 6. The second-order valence-corrected chi connectivity index (χ2v) is 5.44. The largest absolute Gasteiger partial charge is 0.252 e. The number of rotatable bonds is 2. The van der Waals surface area contributed by atoms with E-state index in [9.17, 15) is 0 Å². The van der Waals surface area contributed by atoms with Crippen molar-refractivity contribution in [1.82, 2.24) is 24.7 Å². The van der Waals surface area contributed by atoms with E-state index >= 15 is 0 Å². The van der Waals surface area contributed by atoms with E-state index in [-0.39, 0.29) is 5.82 Å². The van der Waals surface area contributed by atoms with E-state index in [0.717, 1.165) is 15.8 Å². The minimum Gasteiger partial charge on any atom is -0.227 e. The van der Waals surface area contributed by atoms with Gasteiger partial charge in [-0.15, -0.1) is 16.4 Å².